The molecule has 0 aromatic heterocycles. The molecule has 0 unspecified atom stereocenters. The third-order valence-electron chi connectivity index (χ3n) is 4.28. The number of anilines is 2. The average molecular weight is 301 g/mol. The van der Waals surface area contributed by atoms with Crippen LogP contribution >= 0.6 is 0 Å². The van der Waals surface area contributed by atoms with E-state index in [1.807, 2.05) is 42.5 Å². The van der Waals surface area contributed by atoms with Gasteiger partial charge in [-0.05, 0) is 43.2 Å². The van der Waals surface area contributed by atoms with Gasteiger partial charge >= 0.3 is 0 Å². The minimum absolute atomic E-state index is 0.828. The second kappa shape index (κ2) is 4.78. The Morgan fingerprint density at radius 3 is 2.61 bits per heavy atom. The standard InChI is InChI=1S/C20H15NO2/c1-2-4-10-16-14(8-3-1)21-15-9-5-6-11-17(15)23-19-13-7-12-18(22-16)20(19)21/h2,4-13H,1,3H2/b4-2-,14-8+,16-10+. The van der Waals surface area contributed by atoms with Crippen LogP contribution < -0.4 is 14.4 Å². The van der Waals surface area contributed by atoms with Crippen molar-refractivity contribution in [3.05, 3.63) is 78.2 Å². The lowest BCUT2D eigenvalue weighted by atomic mass is 10.1. The highest BCUT2D eigenvalue weighted by molar-refractivity contribution is 5.87. The molecule has 23 heavy (non-hydrogen) atoms. The number of hydrogen-bond donors (Lipinski definition) is 0. The van der Waals surface area contributed by atoms with Crippen LogP contribution in [0.3, 0.4) is 0 Å². The summed E-state index contributed by atoms with van der Waals surface area (Å²) in [6.07, 6.45) is 10.6. The molecule has 0 atom stereocenters. The lowest BCUT2D eigenvalue weighted by Gasteiger charge is -2.39. The van der Waals surface area contributed by atoms with Crippen molar-refractivity contribution in [1.82, 2.24) is 0 Å². The molecule has 0 saturated heterocycles. The average Bonchev–Trinajstić information content (AvgIpc) is 2.56. The van der Waals surface area contributed by atoms with E-state index in [0.717, 1.165) is 52.9 Å². The van der Waals surface area contributed by atoms with Crippen LogP contribution in [0.1, 0.15) is 12.8 Å². The van der Waals surface area contributed by atoms with Crippen LogP contribution in [0.2, 0.25) is 0 Å². The summed E-state index contributed by atoms with van der Waals surface area (Å²) < 4.78 is 12.2. The summed E-state index contributed by atoms with van der Waals surface area (Å²) in [5.41, 5.74) is 3.13. The van der Waals surface area contributed by atoms with Crippen LogP contribution in [-0.2, 0) is 0 Å². The SMILES string of the molecule is C1=C/CC\C=C2/C(=C\1)Oc1cccc3c1N2c1ccccc1O3. The quantitative estimate of drug-likeness (QED) is 0.646. The van der Waals surface area contributed by atoms with E-state index in [1.165, 1.54) is 0 Å². The number of ether oxygens (including phenoxy) is 2. The van der Waals surface area contributed by atoms with Gasteiger partial charge in [0.05, 0.1) is 11.4 Å². The number of rotatable bonds is 0. The maximum atomic E-state index is 6.15. The number of para-hydroxylation sites is 3. The molecule has 1 aliphatic carbocycles. The first kappa shape index (κ1) is 12.6. The second-order valence-corrected chi connectivity index (χ2v) is 5.74. The van der Waals surface area contributed by atoms with Gasteiger partial charge in [-0.15, -0.1) is 0 Å². The van der Waals surface area contributed by atoms with Crippen molar-refractivity contribution in [1.29, 1.82) is 0 Å². The minimum Gasteiger partial charge on any atom is -0.453 e. The van der Waals surface area contributed by atoms with Gasteiger partial charge in [-0.2, -0.15) is 0 Å². The summed E-state index contributed by atoms with van der Waals surface area (Å²) in [7, 11) is 0. The van der Waals surface area contributed by atoms with E-state index in [4.69, 9.17) is 9.47 Å². The van der Waals surface area contributed by atoms with Gasteiger partial charge in [0, 0.05) is 0 Å². The van der Waals surface area contributed by atoms with Crippen molar-refractivity contribution >= 4 is 11.4 Å². The first-order valence-corrected chi connectivity index (χ1v) is 7.87. The lowest BCUT2D eigenvalue weighted by Crippen LogP contribution is -2.28. The van der Waals surface area contributed by atoms with Gasteiger partial charge in [-0.3, -0.25) is 4.90 Å². The van der Waals surface area contributed by atoms with Gasteiger partial charge in [0.2, 0.25) is 0 Å². The zero-order valence-electron chi connectivity index (χ0n) is 12.5. The Kier molecular flexibility index (Phi) is 2.62. The molecule has 112 valence electrons. The molecule has 3 aliphatic rings. The molecule has 3 heteroatoms. The molecule has 0 N–H and O–H groups in total. The Balaban J connectivity index is 1.82. The monoisotopic (exact) mass is 301 g/mol. The zero-order chi connectivity index (χ0) is 15.2. The van der Waals surface area contributed by atoms with Gasteiger partial charge < -0.3 is 9.47 Å². The largest absolute Gasteiger partial charge is 0.453 e. The summed E-state index contributed by atoms with van der Waals surface area (Å²) in [6, 6.07) is 14.1. The Morgan fingerprint density at radius 2 is 1.65 bits per heavy atom. The third-order valence-corrected chi connectivity index (χ3v) is 4.28. The summed E-state index contributed by atoms with van der Waals surface area (Å²) in [6.45, 7) is 0. The van der Waals surface area contributed by atoms with Crippen LogP contribution in [0.4, 0.5) is 11.4 Å². The van der Waals surface area contributed by atoms with E-state index in [9.17, 15) is 0 Å². The fraction of sp³-hybridized carbons (Fsp3) is 0.100. The van der Waals surface area contributed by atoms with Crippen molar-refractivity contribution in [3.63, 3.8) is 0 Å². The Labute approximate surface area is 134 Å². The molecule has 3 nitrogen and oxygen atoms in total. The molecule has 0 fully saturated rings. The summed E-state index contributed by atoms with van der Waals surface area (Å²) in [5, 5.41) is 0. The minimum atomic E-state index is 0.828. The topological polar surface area (TPSA) is 21.7 Å². The van der Waals surface area contributed by atoms with Gasteiger partial charge in [-0.25, -0.2) is 0 Å². The summed E-state index contributed by atoms with van der Waals surface area (Å²) in [5.74, 6) is 3.41. The van der Waals surface area contributed by atoms with E-state index in [-0.39, 0.29) is 0 Å². The van der Waals surface area contributed by atoms with Crippen LogP contribution in [0.5, 0.6) is 17.2 Å². The van der Waals surface area contributed by atoms with E-state index in [2.05, 4.69) is 29.2 Å². The molecule has 0 bridgehead atoms. The number of allylic oxidation sites excluding steroid dienone is 4. The van der Waals surface area contributed by atoms with E-state index in [0.29, 0.717) is 0 Å². The zero-order valence-corrected chi connectivity index (χ0v) is 12.5. The van der Waals surface area contributed by atoms with Gasteiger partial charge in [0.15, 0.2) is 23.0 Å². The second-order valence-electron chi connectivity index (χ2n) is 5.74. The van der Waals surface area contributed by atoms with Crippen molar-refractivity contribution < 1.29 is 9.47 Å². The van der Waals surface area contributed by atoms with Crippen molar-refractivity contribution in [2.75, 3.05) is 4.90 Å². The molecule has 5 rings (SSSR count). The molecule has 0 amide bonds. The highest BCUT2D eigenvalue weighted by atomic mass is 16.5. The number of hydrogen-bond acceptors (Lipinski definition) is 3. The van der Waals surface area contributed by atoms with Crippen LogP contribution in [-0.4, -0.2) is 0 Å². The molecular weight excluding hydrogens is 286 g/mol. The number of fused-ring (bicyclic) bond motifs is 4. The van der Waals surface area contributed by atoms with Crippen LogP contribution in [0.25, 0.3) is 0 Å². The predicted octanol–water partition coefficient (Wildman–Crippen LogP) is 5.44. The molecule has 0 spiro atoms. The number of nitrogens with zero attached hydrogens (tertiary/aromatic N) is 1. The van der Waals surface area contributed by atoms with E-state index >= 15 is 0 Å². The van der Waals surface area contributed by atoms with E-state index in [1.54, 1.807) is 0 Å². The predicted molar refractivity (Wildman–Crippen MR) is 90.3 cm³/mol. The maximum absolute atomic E-state index is 6.15. The normalized spacial score (nSPS) is 23.2. The van der Waals surface area contributed by atoms with Gasteiger partial charge in [-0.1, -0.05) is 36.4 Å². The Bertz CT molecular complexity index is 892. The van der Waals surface area contributed by atoms with Crippen molar-refractivity contribution in [2.24, 2.45) is 0 Å². The summed E-state index contributed by atoms with van der Waals surface area (Å²) in [4.78, 5) is 2.26. The van der Waals surface area contributed by atoms with Gasteiger partial charge in [0.25, 0.3) is 0 Å². The molecule has 2 heterocycles. The number of benzene rings is 2. The molecule has 2 aromatic rings. The third kappa shape index (κ3) is 1.83. The highest BCUT2D eigenvalue weighted by Gasteiger charge is 2.35. The molecule has 0 saturated carbocycles. The van der Waals surface area contributed by atoms with Crippen molar-refractivity contribution in [3.8, 4) is 17.2 Å². The van der Waals surface area contributed by atoms with Crippen LogP contribution in [0.15, 0.2) is 78.2 Å². The molecule has 0 radical (unpaired) electrons. The van der Waals surface area contributed by atoms with Gasteiger partial charge in [0.1, 0.15) is 5.69 Å². The molecular formula is C20H15NO2. The van der Waals surface area contributed by atoms with Crippen molar-refractivity contribution in [2.45, 2.75) is 12.8 Å². The summed E-state index contributed by atoms with van der Waals surface area (Å²) >= 11 is 0. The lowest BCUT2D eigenvalue weighted by molar-refractivity contribution is 0.407. The first-order chi connectivity index (χ1) is 11.4. The maximum Gasteiger partial charge on any atom is 0.155 e. The molecule has 2 aliphatic heterocycles. The van der Waals surface area contributed by atoms with E-state index < -0.39 is 0 Å². The Morgan fingerprint density at radius 1 is 0.826 bits per heavy atom. The Hall–Kier alpha value is -2.94. The van der Waals surface area contributed by atoms with Crippen LogP contribution in [0, 0.1) is 0 Å². The highest BCUT2D eigenvalue weighted by Crippen LogP contribution is 2.55. The molecule has 2 aromatic carbocycles. The fourth-order valence-corrected chi connectivity index (χ4v) is 3.26. The first-order valence-electron chi connectivity index (χ1n) is 7.87. The smallest absolute Gasteiger partial charge is 0.155 e. The fourth-order valence-electron chi connectivity index (χ4n) is 3.26.